The normalized spacial score (nSPS) is 17.6. The van der Waals surface area contributed by atoms with Gasteiger partial charge in [0.1, 0.15) is 11.5 Å². The lowest BCUT2D eigenvalue weighted by molar-refractivity contribution is 0.0959. The molecule has 1 aromatic rings. The maximum absolute atomic E-state index is 12.8. The minimum absolute atomic E-state index is 0.0496. The zero-order chi connectivity index (χ0) is 15.1. The van der Waals surface area contributed by atoms with Gasteiger partial charge in [-0.15, -0.1) is 0 Å². The van der Waals surface area contributed by atoms with E-state index in [2.05, 4.69) is 14.8 Å². The van der Waals surface area contributed by atoms with E-state index in [1.54, 1.807) is 0 Å². The highest BCUT2D eigenvalue weighted by Gasteiger charge is 2.16. The Bertz CT molecular complexity index is 453. The number of ketones is 1. The molecule has 116 valence electrons. The first-order chi connectivity index (χ1) is 10.2. The van der Waals surface area contributed by atoms with Gasteiger partial charge in [0.2, 0.25) is 0 Å². The number of aromatic nitrogens is 1. The Morgan fingerprint density at radius 1 is 1.19 bits per heavy atom. The Morgan fingerprint density at radius 3 is 2.52 bits per heavy atom. The number of hydrogen-bond acceptors (Lipinski definition) is 5. The number of carbonyl (C=O) groups is 1. The number of aliphatic hydroxyl groups is 1. The fourth-order valence-corrected chi connectivity index (χ4v) is 2.54. The lowest BCUT2D eigenvalue weighted by Gasteiger charge is -2.20. The van der Waals surface area contributed by atoms with Gasteiger partial charge < -0.3 is 10.0 Å². The van der Waals surface area contributed by atoms with Crippen molar-refractivity contribution in [2.75, 3.05) is 45.9 Å². The molecule has 2 rings (SSSR count). The van der Waals surface area contributed by atoms with Crippen LogP contribution >= 0.6 is 0 Å². The molecule has 1 saturated heterocycles. The number of carbonyl (C=O) groups excluding carboxylic acids is 1. The zero-order valence-electron chi connectivity index (χ0n) is 12.2. The number of halogens is 1. The third-order valence-electron chi connectivity index (χ3n) is 3.77. The number of β-amino-alcohol motifs (C(OH)–C–C–N with tert-alkyl or cyclic N) is 1. The maximum atomic E-state index is 12.8. The molecule has 1 fully saturated rings. The topological polar surface area (TPSA) is 56.7 Å². The first-order valence-corrected chi connectivity index (χ1v) is 7.39. The summed E-state index contributed by atoms with van der Waals surface area (Å²) in [5.41, 5.74) is 0.327. The summed E-state index contributed by atoms with van der Waals surface area (Å²) in [6, 6.07) is 2.70. The van der Waals surface area contributed by atoms with Crippen molar-refractivity contribution >= 4 is 5.78 Å². The van der Waals surface area contributed by atoms with Gasteiger partial charge in [0.15, 0.2) is 5.78 Å². The maximum Gasteiger partial charge on any atom is 0.182 e. The number of rotatable bonds is 6. The van der Waals surface area contributed by atoms with Gasteiger partial charge in [-0.05, 0) is 31.6 Å². The molecule has 0 saturated carbocycles. The molecule has 1 aromatic heterocycles. The smallest absolute Gasteiger partial charge is 0.182 e. The molecule has 0 radical (unpaired) electrons. The van der Waals surface area contributed by atoms with Crippen molar-refractivity contribution < 1.29 is 14.3 Å². The van der Waals surface area contributed by atoms with Crippen LogP contribution in [-0.2, 0) is 0 Å². The summed E-state index contributed by atoms with van der Waals surface area (Å²) < 4.78 is 12.8. The summed E-state index contributed by atoms with van der Waals surface area (Å²) in [6.45, 7) is 5.39. The van der Waals surface area contributed by atoms with Gasteiger partial charge in [-0.2, -0.15) is 0 Å². The van der Waals surface area contributed by atoms with Crippen molar-refractivity contribution in [3.8, 4) is 0 Å². The van der Waals surface area contributed by atoms with Crippen LogP contribution in [0.1, 0.15) is 23.3 Å². The minimum atomic E-state index is -0.428. The van der Waals surface area contributed by atoms with Crippen molar-refractivity contribution in [3.05, 3.63) is 29.8 Å². The summed E-state index contributed by atoms with van der Waals surface area (Å²) in [6.07, 6.45) is 2.52. The highest BCUT2D eigenvalue weighted by atomic mass is 19.1. The van der Waals surface area contributed by atoms with Crippen LogP contribution in [-0.4, -0.2) is 71.5 Å². The Balaban J connectivity index is 1.77. The van der Waals surface area contributed by atoms with Crippen LogP contribution in [0.3, 0.4) is 0 Å². The first kappa shape index (κ1) is 16.0. The molecular formula is C15H22FN3O2. The fraction of sp³-hybridized carbons (Fsp3) is 0.600. The van der Waals surface area contributed by atoms with E-state index < -0.39 is 5.82 Å². The molecule has 0 atom stereocenters. The molecule has 0 aliphatic carbocycles. The zero-order valence-corrected chi connectivity index (χ0v) is 12.2. The largest absolute Gasteiger partial charge is 0.395 e. The Morgan fingerprint density at radius 2 is 1.90 bits per heavy atom. The van der Waals surface area contributed by atoms with Gasteiger partial charge in [0, 0.05) is 32.6 Å². The molecule has 21 heavy (non-hydrogen) atoms. The number of hydrogen-bond donors (Lipinski definition) is 1. The molecule has 2 heterocycles. The predicted molar refractivity (Wildman–Crippen MR) is 77.7 cm³/mol. The standard InChI is InChI=1S/C15H22FN3O2/c16-13-2-3-14(17-12-13)15(21)4-7-18-5-1-6-19(9-8-18)10-11-20/h2-3,12,20H,1,4-11H2. The summed E-state index contributed by atoms with van der Waals surface area (Å²) >= 11 is 0. The molecule has 0 unspecified atom stereocenters. The Hall–Kier alpha value is -1.37. The SMILES string of the molecule is O=C(CCN1CCCN(CCO)CC1)c1ccc(F)cn1. The van der Waals surface area contributed by atoms with E-state index in [9.17, 15) is 9.18 Å². The fourth-order valence-electron chi connectivity index (χ4n) is 2.54. The van der Waals surface area contributed by atoms with Crippen LogP contribution in [0, 0.1) is 5.82 Å². The van der Waals surface area contributed by atoms with Crippen LogP contribution in [0.2, 0.25) is 0 Å². The molecule has 6 heteroatoms. The molecule has 1 aliphatic heterocycles. The van der Waals surface area contributed by atoms with Crippen molar-refractivity contribution in [3.63, 3.8) is 0 Å². The quantitative estimate of drug-likeness (QED) is 0.787. The number of Topliss-reactive ketones (excluding diaryl/α,β-unsaturated/α-hetero) is 1. The summed E-state index contributed by atoms with van der Waals surface area (Å²) in [7, 11) is 0. The van der Waals surface area contributed by atoms with E-state index in [1.807, 2.05) is 0 Å². The van der Waals surface area contributed by atoms with Crippen LogP contribution in [0.5, 0.6) is 0 Å². The number of aliphatic hydroxyl groups excluding tert-OH is 1. The van der Waals surface area contributed by atoms with Crippen molar-refractivity contribution in [1.82, 2.24) is 14.8 Å². The van der Waals surface area contributed by atoms with E-state index in [1.165, 1.54) is 12.1 Å². The molecule has 0 spiro atoms. The van der Waals surface area contributed by atoms with Crippen molar-refractivity contribution in [2.45, 2.75) is 12.8 Å². The van der Waals surface area contributed by atoms with E-state index in [0.29, 0.717) is 25.2 Å². The van der Waals surface area contributed by atoms with Gasteiger partial charge in [-0.1, -0.05) is 0 Å². The van der Waals surface area contributed by atoms with E-state index in [0.717, 1.165) is 38.8 Å². The molecular weight excluding hydrogens is 273 g/mol. The summed E-state index contributed by atoms with van der Waals surface area (Å²) in [4.78, 5) is 20.3. The van der Waals surface area contributed by atoms with Crippen LogP contribution in [0.25, 0.3) is 0 Å². The molecule has 1 N–H and O–H groups in total. The minimum Gasteiger partial charge on any atom is -0.395 e. The highest BCUT2D eigenvalue weighted by molar-refractivity contribution is 5.94. The van der Waals surface area contributed by atoms with Crippen molar-refractivity contribution in [1.29, 1.82) is 0 Å². The molecule has 5 nitrogen and oxygen atoms in total. The van der Waals surface area contributed by atoms with Gasteiger partial charge in [-0.25, -0.2) is 4.39 Å². The van der Waals surface area contributed by atoms with E-state index in [4.69, 9.17) is 5.11 Å². The first-order valence-electron chi connectivity index (χ1n) is 7.39. The van der Waals surface area contributed by atoms with Gasteiger partial charge in [-0.3, -0.25) is 14.7 Å². The molecule has 0 aromatic carbocycles. The lowest BCUT2D eigenvalue weighted by Crippen LogP contribution is -2.33. The lowest BCUT2D eigenvalue weighted by atomic mass is 10.2. The number of nitrogens with zero attached hydrogens (tertiary/aromatic N) is 3. The van der Waals surface area contributed by atoms with Gasteiger partial charge in [0.05, 0.1) is 12.8 Å². The second-order valence-corrected chi connectivity index (χ2v) is 5.30. The molecule has 0 bridgehead atoms. The summed E-state index contributed by atoms with van der Waals surface area (Å²) in [5.74, 6) is -0.477. The summed E-state index contributed by atoms with van der Waals surface area (Å²) in [5, 5.41) is 8.96. The predicted octanol–water partition coefficient (Wildman–Crippen LogP) is 0.793. The Labute approximate surface area is 124 Å². The third-order valence-corrected chi connectivity index (χ3v) is 3.77. The van der Waals surface area contributed by atoms with Crippen LogP contribution in [0.4, 0.5) is 4.39 Å². The average molecular weight is 295 g/mol. The average Bonchev–Trinajstić information content (AvgIpc) is 2.71. The van der Waals surface area contributed by atoms with Gasteiger partial charge in [0.25, 0.3) is 0 Å². The Kier molecular flexibility index (Phi) is 6.22. The van der Waals surface area contributed by atoms with Crippen LogP contribution in [0.15, 0.2) is 18.3 Å². The molecule has 0 amide bonds. The second-order valence-electron chi connectivity index (χ2n) is 5.30. The van der Waals surface area contributed by atoms with Crippen LogP contribution < -0.4 is 0 Å². The second kappa shape index (κ2) is 8.17. The highest BCUT2D eigenvalue weighted by Crippen LogP contribution is 2.06. The third kappa shape index (κ3) is 5.15. The van der Waals surface area contributed by atoms with E-state index >= 15 is 0 Å². The van der Waals surface area contributed by atoms with Crippen molar-refractivity contribution in [2.24, 2.45) is 0 Å². The monoisotopic (exact) mass is 295 g/mol. The molecule has 1 aliphatic rings. The van der Waals surface area contributed by atoms with E-state index in [-0.39, 0.29) is 12.4 Å². The number of pyridine rings is 1. The van der Waals surface area contributed by atoms with Gasteiger partial charge >= 0.3 is 0 Å².